The molecular weight excluding hydrogens is 372 g/mol. The number of rotatable bonds is 7. The second kappa shape index (κ2) is 8.69. The van der Waals surface area contributed by atoms with Crippen LogP contribution in [0.2, 0.25) is 0 Å². The summed E-state index contributed by atoms with van der Waals surface area (Å²) in [4.78, 5) is 32.9. The fourth-order valence-corrected chi connectivity index (χ4v) is 3.84. The van der Waals surface area contributed by atoms with E-state index in [1.54, 1.807) is 7.11 Å². The van der Waals surface area contributed by atoms with Crippen LogP contribution >= 0.6 is 0 Å². The fourth-order valence-electron chi connectivity index (χ4n) is 3.84. The van der Waals surface area contributed by atoms with Gasteiger partial charge < -0.3 is 15.4 Å². The summed E-state index contributed by atoms with van der Waals surface area (Å²) in [5.74, 6) is 0.174. The molecule has 2 amide bonds. The first kappa shape index (κ1) is 19.5. The molecule has 0 radical (unpaired) electrons. The maximum absolute atomic E-state index is 12.6. The maximum atomic E-state index is 12.6. The van der Waals surface area contributed by atoms with Crippen LogP contribution in [0.3, 0.4) is 0 Å². The van der Waals surface area contributed by atoms with Crippen molar-refractivity contribution in [2.24, 2.45) is 5.92 Å². The Morgan fingerprint density at radius 3 is 2.83 bits per heavy atom. The average Bonchev–Trinajstić information content (AvgIpc) is 3.50. The molecule has 154 valence electrons. The molecule has 0 aromatic carbocycles. The molecule has 0 aliphatic heterocycles. The Hall–Kier alpha value is -2.81. The number of H-pyrrole nitrogens is 1. The number of hydrogen-bond acceptors (Lipinski definition) is 6. The fraction of sp³-hybridized carbons (Fsp3) is 0.550. The smallest absolute Gasteiger partial charge is 0.271 e. The van der Waals surface area contributed by atoms with Crippen molar-refractivity contribution in [2.45, 2.75) is 56.7 Å². The quantitative estimate of drug-likeness (QED) is 0.646. The van der Waals surface area contributed by atoms with Crippen LogP contribution in [-0.2, 0) is 16.1 Å². The van der Waals surface area contributed by atoms with Crippen LogP contribution in [0, 0.1) is 5.92 Å². The summed E-state index contributed by atoms with van der Waals surface area (Å²) in [6, 6.07) is 1.88. The van der Waals surface area contributed by atoms with E-state index in [0.717, 1.165) is 11.4 Å². The van der Waals surface area contributed by atoms with Gasteiger partial charge in [0.25, 0.3) is 5.91 Å². The van der Waals surface area contributed by atoms with Gasteiger partial charge in [0.1, 0.15) is 5.69 Å². The van der Waals surface area contributed by atoms with Crippen LogP contribution in [0.4, 0.5) is 0 Å². The van der Waals surface area contributed by atoms with Crippen LogP contribution in [0.1, 0.15) is 59.9 Å². The van der Waals surface area contributed by atoms with Gasteiger partial charge in [-0.3, -0.25) is 19.7 Å². The average molecular weight is 398 g/mol. The van der Waals surface area contributed by atoms with Crippen LogP contribution < -0.4 is 10.6 Å². The lowest BCUT2D eigenvalue weighted by Gasteiger charge is -2.35. The van der Waals surface area contributed by atoms with E-state index in [1.807, 2.05) is 6.07 Å². The van der Waals surface area contributed by atoms with Crippen molar-refractivity contribution < 1.29 is 14.3 Å². The molecule has 2 aliphatic rings. The first-order valence-corrected chi connectivity index (χ1v) is 10.1. The highest BCUT2D eigenvalue weighted by molar-refractivity contribution is 5.92. The lowest BCUT2D eigenvalue weighted by Crippen LogP contribution is -2.49. The van der Waals surface area contributed by atoms with Gasteiger partial charge in [-0.05, 0) is 38.2 Å². The molecule has 0 spiro atoms. The number of carbonyl (C=O) groups excluding carboxylic acids is 2. The molecular formula is C20H26N6O3. The van der Waals surface area contributed by atoms with Gasteiger partial charge in [0.05, 0.1) is 36.3 Å². The molecule has 2 saturated carbocycles. The zero-order valence-corrected chi connectivity index (χ0v) is 16.4. The van der Waals surface area contributed by atoms with Gasteiger partial charge in [-0.1, -0.05) is 0 Å². The molecule has 0 unspecified atom stereocenters. The van der Waals surface area contributed by atoms with Crippen LogP contribution in [0.25, 0.3) is 0 Å². The van der Waals surface area contributed by atoms with Crippen LogP contribution in [0.15, 0.2) is 24.7 Å². The number of amides is 2. The first-order chi connectivity index (χ1) is 14.1. The lowest BCUT2D eigenvalue weighted by molar-refractivity contribution is -0.128. The van der Waals surface area contributed by atoms with Gasteiger partial charge in [0.2, 0.25) is 5.91 Å². The summed E-state index contributed by atoms with van der Waals surface area (Å²) in [6.07, 6.45) is 8.52. The van der Waals surface area contributed by atoms with E-state index in [9.17, 15) is 9.59 Å². The molecule has 4 rings (SSSR count). The minimum Gasteiger partial charge on any atom is -0.379 e. The van der Waals surface area contributed by atoms with E-state index in [0.29, 0.717) is 31.7 Å². The third kappa shape index (κ3) is 4.79. The van der Waals surface area contributed by atoms with Crippen molar-refractivity contribution >= 4 is 11.8 Å². The first-order valence-electron chi connectivity index (χ1n) is 10.1. The molecule has 2 fully saturated rings. The second-order valence-corrected chi connectivity index (χ2v) is 7.76. The number of nitrogens with one attached hydrogen (secondary N) is 3. The number of aromatic nitrogens is 4. The van der Waals surface area contributed by atoms with Gasteiger partial charge in [0, 0.05) is 31.3 Å². The van der Waals surface area contributed by atoms with E-state index in [4.69, 9.17) is 4.74 Å². The van der Waals surface area contributed by atoms with E-state index in [2.05, 4.69) is 30.8 Å². The van der Waals surface area contributed by atoms with Crippen molar-refractivity contribution in [3.8, 4) is 0 Å². The lowest BCUT2D eigenvalue weighted by atomic mass is 9.83. The van der Waals surface area contributed by atoms with Crippen molar-refractivity contribution in [3.05, 3.63) is 41.7 Å². The number of methoxy groups -OCH3 is 1. The van der Waals surface area contributed by atoms with Gasteiger partial charge in [0.15, 0.2) is 0 Å². The molecule has 9 nitrogen and oxygen atoms in total. The Balaban J connectivity index is 1.28. The summed E-state index contributed by atoms with van der Waals surface area (Å²) in [5, 5.41) is 13.3. The Morgan fingerprint density at radius 2 is 2.10 bits per heavy atom. The standard InChI is InChI=1S/C20H26N6O3/c1-29-18-8-13(4-5-15(18)24-20(28)17-11-21-6-7-22-17)19(27)23-10-14-9-16(26-25-14)12-2-3-12/h6-7,9,11-13,15,18H,2-5,8,10H2,1H3,(H,23,27)(H,24,28)(H,25,26)/t13-,15-,18-/m0/s1. The second-order valence-electron chi connectivity index (χ2n) is 7.76. The van der Waals surface area contributed by atoms with Crippen LogP contribution in [0.5, 0.6) is 0 Å². The minimum absolute atomic E-state index is 0.00771. The Morgan fingerprint density at radius 1 is 1.24 bits per heavy atom. The third-order valence-corrected chi connectivity index (χ3v) is 5.68. The molecule has 9 heteroatoms. The summed E-state index contributed by atoms with van der Waals surface area (Å²) in [6.45, 7) is 0.444. The van der Waals surface area contributed by atoms with Crippen molar-refractivity contribution in [1.82, 2.24) is 30.8 Å². The Kier molecular flexibility index (Phi) is 5.84. The van der Waals surface area contributed by atoms with Crippen LogP contribution in [-0.4, -0.2) is 51.2 Å². The predicted octanol–water partition coefficient (Wildman–Crippen LogP) is 1.31. The van der Waals surface area contributed by atoms with Gasteiger partial charge >= 0.3 is 0 Å². The molecule has 3 N–H and O–H groups in total. The maximum Gasteiger partial charge on any atom is 0.271 e. The van der Waals surface area contributed by atoms with E-state index >= 15 is 0 Å². The highest BCUT2D eigenvalue weighted by Crippen LogP contribution is 2.39. The van der Waals surface area contributed by atoms with E-state index in [1.165, 1.54) is 31.4 Å². The molecule has 2 aliphatic carbocycles. The van der Waals surface area contributed by atoms with E-state index < -0.39 is 0 Å². The zero-order chi connectivity index (χ0) is 20.2. The predicted molar refractivity (Wildman–Crippen MR) is 104 cm³/mol. The number of carbonyl (C=O) groups is 2. The highest BCUT2D eigenvalue weighted by atomic mass is 16.5. The highest BCUT2D eigenvalue weighted by Gasteiger charge is 2.35. The summed E-state index contributed by atoms with van der Waals surface area (Å²) >= 11 is 0. The number of aromatic amines is 1. The summed E-state index contributed by atoms with van der Waals surface area (Å²) < 4.78 is 5.57. The van der Waals surface area contributed by atoms with Crippen molar-refractivity contribution in [3.63, 3.8) is 0 Å². The van der Waals surface area contributed by atoms with Crippen molar-refractivity contribution in [1.29, 1.82) is 0 Å². The largest absolute Gasteiger partial charge is 0.379 e. The molecule has 2 aromatic heterocycles. The number of nitrogens with zero attached hydrogens (tertiary/aromatic N) is 3. The van der Waals surface area contributed by atoms with Gasteiger partial charge in [-0.2, -0.15) is 5.10 Å². The monoisotopic (exact) mass is 398 g/mol. The number of hydrogen-bond donors (Lipinski definition) is 3. The number of ether oxygens (including phenoxy) is 1. The van der Waals surface area contributed by atoms with Crippen molar-refractivity contribution in [2.75, 3.05) is 7.11 Å². The zero-order valence-electron chi connectivity index (χ0n) is 16.4. The minimum atomic E-state index is -0.279. The van der Waals surface area contributed by atoms with Gasteiger partial charge in [-0.25, -0.2) is 4.98 Å². The molecule has 0 bridgehead atoms. The Labute approximate surface area is 169 Å². The third-order valence-electron chi connectivity index (χ3n) is 5.68. The molecule has 29 heavy (non-hydrogen) atoms. The normalized spacial score (nSPS) is 24.1. The molecule has 0 saturated heterocycles. The van der Waals surface area contributed by atoms with E-state index in [-0.39, 0.29) is 35.6 Å². The SMILES string of the molecule is CO[C@H]1C[C@@H](C(=O)NCc2cc(C3CC3)n[nH]2)CC[C@@H]1NC(=O)c1cnccn1. The summed E-state index contributed by atoms with van der Waals surface area (Å²) in [5.41, 5.74) is 2.29. The molecule has 2 heterocycles. The summed E-state index contributed by atoms with van der Waals surface area (Å²) in [7, 11) is 1.61. The topological polar surface area (TPSA) is 122 Å². The van der Waals surface area contributed by atoms with Gasteiger partial charge in [-0.15, -0.1) is 0 Å². The Bertz CT molecular complexity index is 851. The molecule has 3 atom stereocenters. The molecule has 2 aromatic rings.